The number of nitriles is 1. The molecule has 1 aliphatic rings. The van der Waals surface area contributed by atoms with Gasteiger partial charge in [0.2, 0.25) is 18.1 Å². The SMILES string of the molecule is CC(C)C1CN(c2nc3ccccc3[nH]2)CCN1/C(=N\C#N)Nc1cccc2ncccc12. The Labute approximate surface area is 192 Å². The van der Waals surface area contributed by atoms with Gasteiger partial charge in [-0.2, -0.15) is 5.26 Å². The summed E-state index contributed by atoms with van der Waals surface area (Å²) in [7, 11) is 0. The highest BCUT2D eigenvalue weighted by molar-refractivity contribution is 6.02. The van der Waals surface area contributed by atoms with Crippen LogP contribution in [-0.4, -0.2) is 51.5 Å². The van der Waals surface area contributed by atoms with E-state index in [4.69, 9.17) is 4.98 Å². The quantitative estimate of drug-likeness (QED) is 0.283. The van der Waals surface area contributed by atoms with Gasteiger partial charge in [-0.05, 0) is 42.3 Å². The van der Waals surface area contributed by atoms with Gasteiger partial charge in [0.1, 0.15) is 0 Å². The topological polar surface area (TPSA) is 96.2 Å². The Morgan fingerprint density at radius 2 is 1.97 bits per heavy atom. The number of benzene rings is 2. The summed E-state index contributed by atoms with van der Waals surface area (Å²) in [5.74, 6) is 1.79. The van der Waals surface area contributed by atoms with Crippen LogP contribution in [0.5, 0.6) is 0 Å². The number of nitrogens with one attached hydrogen (secondary N) is 2. The first-order chi connectivity index (χ1) is 16.1. The van der Waals surface area contributed by atoms with Crippen LogP contribution in [0.25, 0.3) is 21.9 Å². The van der Waals surface area contributed by atoms with E-state index in [9.17, 15) is 5.26 Å². The summed E-state index contributed by atoms with van der Waals surface area (Å²) in [6, 6.07) is 18.1. The van der Waals surface area contributed by atoms with Crippen molar-refractivity contribution in [2.24, 2.45) is 10.9 Å². The van der Waals surface area contributed by atoms with Crippen molar-refractivity contribution >= 4 is 39.5 Å². The van der Waals surface area contributed by atoms with E-state index in [2.05, 4.69) is 43.9 Å². The number of pyridine rings is 1. The van der Waals surface area contributed by atoms with Gasteiger partial charge in [0, 0.05) is 31.2 Å². The second-order valence-corrected chi connectivity index (χ2v) is 8.56. The van der Waals surface area contributed by atoms with Crippen molar-refractivity contribution in [3.63, 3.8) is 0 Å². The number of fused-ring (bicyclic) bond motifs is 2. The highest BCUT2D eigenvalue weighted by Crippen LogP contribution is 2.26. The lowest BCUT2D eigenvalue weighted by atomic mass is 10.00. The zero-order valence-corrected chi connectivity index (χ0v) is 18.7. The van der Waals surface area contributed by atoms with E-state index >= 15 is 0 Å². The largest absolute Gasteiger partial charge is 0.339 e. The van der Waals surface area contributed by atoms with Crippen molar-refractivity contribution in [3.8, 4) is 6.19 Å². The standard InChI is InChI=1S/C25H26N8/c1-17(2)23-15-32(25-30-21-8-3-4-9-22(21)31-25)13-14-33(23)24(28-16-26)29-20-11-5-10-19-18(20)7-6-12-27-19/h3-12,17,23H,13-15H2,1-2H3,(H,28,29)(H,30,31). The molecule has 1 aliphatic heterocycles. The molecule has 1 saturated heterocycles. The zero-order valence-electron chi connectivity index (χ0n) is 18.7. The van der Waals surface area contributed by atoms with Crippen LogP contribution in [0.4, 0.5) is 11.6 Å². The van der Waals surface area contributed by atoms with Gasteiger partial charge < -0.3 is 20.1 Å². The van der Waals surface area contributed by atoms with Crippen LogP contribution in [0.1, 0.15) is 13.8 Å². The van der Waals surface area contributed by atoms with Gasteiger partial charge >= 0.3 is 0 Å². The molecule has 1 atom stereocenters. The molecule has 0 aliphatic carbocycles. The van der Waals surface area contributed by atoms with Crippen molar-refractivity contribution in [1.82, 2.24) is 19.9 Å². The van der Waals surface area contributed by atoms with Crippen LogP contribution in [-0.2, 0) is 0 Å². The van der Waals surface area contributed by atoms with Crippen LogP contribution >= 0.6 is 0 Å². The van der Waals surface area contributed by atoms with Crippen molar-refractivity contribution in [2.45, 2.75) is 19.9 Å². The highest BCUT2D eigenvalue weighted by Gasteiger charge is 2.33. The van der Waals surface area contributed by atoms with Gasteiger partial charge in [0.15, 0.2) is 0 Å². The molecular formula is C25H26N8. The Hall–Kier alpha value is -4.12. The molecular weight excluding hydrogens is 412 g/mol. The fourth-order valence-electron chi connectivity index (χ4n) is 4.47. The van der Waals surface area contributed by atoms with Crippen molar-refractivity contribution in [1.29, 1.82) is 5.26 Å². The molecule has 0 bridgehead atoms. The third-order valence-corrected chi connectivity index (χ3v) is 6.18. The number of imidazole rings is 1. The summed E-state index contributed by atoms with van der Waals surface area (Å²) < 4.78 is 0. The van der Waals surface area contributed by atoms with E-state index in [1.807, 2.05) is 60.8 Å². The van der Waals surface area contributed by atoms with Gasteiger partial charge in [-0.3, -0.25) is 4.98 Å². The van der Waals surface area contributed by atoms with Gasteiger partial charge in [0.25, 0.3) is 0 Å². The van der Waals surface area contributed by atoms with Crippen LogP contribution in [0.3, 0.4) is 0 Å². The second-order valence-electron chi connectivity index (χ2n) is 8.56. The molecule has 4 aromatic rings. The molecule has 33 heavy (non-hydrogen) atoms. The molecule has 8 nitrogen and oxygen atoms in total. The maximum atomic E-state index is 9.45. The molecule has 0 spiro atoms. The van der Waals surface area contributed by atoms with E-state index in [1.165, 1.54) is 0 Å². The normalized spacial score (nSPS) is 17.0. The van der Waals surface area contributed by atoms with Crippen molar-refractivity contribution in [3.05, 3.63) is 60.8 Å². The number of hydrogen-bond acceptors (Lipinski definition) is 5. The Balaban J connectivity index is 1.42. The van der Waals surface area contributed by atoms with Crippen LogP contribution in [0.15, 0.2) is 65.8 Å². The summed E-state index contributed by atoms with van der Waals surface area (Å²) in [5.41, 5.74) is 3.79. The molecule has 2 N–H and O–H groups in total. The number of piperazine rings is 1. The molecule has 2 aromatic heterocycles. The van der Waals surface area contributed by atoms with Crippen LogP contribution in [0, 0.1) is 17.4 Å². The summed E-state index contributed by atoms with van der Waals surface area (Å²) in [5, 5.41) is 13.9. The van der Waals surface area contributed by atoms with Gasteiger partial charge in [0.05, 0.1) is 28.3 Å². The summed E-state index contributed by atoms with van der Waals surface area (Å²) in [6.07, 6.45) is 3.77. The van der Waals surface area contributed by atoms with Crippen molar-refractivity contribution in [2.75, 3.05) is 29.9 Å². The molecule has 1 unspecified atom stereocenters. The maximum absolute atomic E-state index is 9.45. The molecule has 5 rings (SSSR count). The monoisotopic (exact) mass is 438 g/mol. The zero-order chi connectivity index (χ0) is 22.8. The van der Waals surface area contributed by atoms with Gasteiger partial charge in [-0.25, -0.2) is 4.98 Å². The molecule has 0 amide bonds. The molecule has 8 heteroatoms. The molecule has 1 fully saturated rings. The summed E-state index contributed by atoms with van der Waals surface area (Å²) in [4.78, 5) is 21.4. The van der Waals surface area contributed by atoms with Crippen LogP contribution < -0.4 is 10.2 Å². The molecule has 2 aromatic carbocycles. The molecule has 0 radical (unpaired) electrons. The first kappa shape index (κ1) is 20.8. The average molecular weight is 439 g/mol. The summed E-state index contributed by atoms with van der Waals surface area (Å²) in [6.45, 7) is 6.67. The smallest absolute Gasteiger partial charge is 0.214 e. The number of guanidine groups is 1. The van der Waals surface area contributed by atoms with Gasteiger partial charge in [-0.15, -0.1) is 4.99 Å². The van der Waals surface area contributed by atoms with Crippen LogP contribution in [0.2, 0.25) is 0 Å². The van der Waals surface area contributed by atoms with Gasteiger partial charge in [-0.1, -0.05) is 32.0 Å². The average Bonchev–Trinajstić information content (AvgIpc) is 3.28. The number of aliphatic imine (C=N–C) groups is 1. The number of para-hydroxylation sites is 2. The van der Waals surface area contributed by atoms with E-state index in [-0.39, 0.29) is 6.04 Å². The Kier molecular flexibility index (Phi) is 5.53. The molecule has 3 heterocycles. The first-order valence-electron chi connectivity index (χ1n) is 11.2. The third-order valence-electron chi connectivity index (χ3n) is 6.18. The van der Waals surface area contributed by atoms with E-state index in [1.54, 1.807) is 6.20 Å². The number of anilines is 2. The van der Waals surface area contributed by atoms with Crippen molar-refractivity contribution < 1.29 is 0 Å². The Morgan fingerprint density at radius 3 is 2.79 bits per heavy atom. The number of nitrogens with zero attached hydrogens (tertiary/aromatic N) is 6. The van der Waals surface area contributed by atoms with E-state index in [0.717, 1.165) is 53.2 Å². The third kappa shape index (κ3) is 4.05. The Morgan fingerprint density at radius 1 is 1.12 bits per heavy atom. The van der Waals surface area contributed by atoms with E-state index < -0.39 is 0 Å². The van der Waals surface area contributed by atoms with E-state index in [0.29, 0.717) is 11.9 Å². The predicted molar refractivity (Wildman–Crippen MR) is 132 cm³/mol. The minimum atomic E-state index is 0.152. The lowest BCUT2D eigenvalue weighted by Crippen LogP contribution is -2.58. The minimum absolute atomic E-state index is 0.152. The Bertz CT molecular complexity index is 1310. The molecule has 166 valence electrons. The summed E-state index contributed by atoms with van der Waals surface area (Å²) >= 11 is 0. The fourth-order valence-corrected chi connectivity index (χ4v) is 4.47. The lowest BCUT2D eigenvalue weighted by molar-refractivity contribution is 0.223. The second kappa shape index (κ2) is 8.79. The predicted octanol–water partition coefficient (Wildman–Crippen LogP) is 4.21. The number of aromatic nitrogens is 3. The minimum Gasteiger partial charge on any atom is -0.339 e. The first-order valence-corrected chi connectivity index (χ1v) is 11.2. The fraction of sp³-hybridized carbons (Fsp3) is 0.280. The molecule has 0 saturated carbocycles. The number of H-pyrrole nitrogens is 1. The lowest BCUT2D eigenvalue weighted by Gasteiger charge is -2.44. The highest BCUT2D eigenvalue weighted by atomic mass is 15.4. The number of rotatable bonds is 3. The number of hydrogen-bond donors (Lipinski definition) is 2. The number of aromatic amines is 1. The maximum Gasteiger partial charge on any atom is 0.214 e.